The lowest BCUT2D eigenvalue weighted by Gasteiger charge is -2.12. The summed E-state index contributed by atoms with van der Waals surface area (Å²) in [5, 5.41) is 0. The smallest absolute Gasteiger partial charge is 0.261 e. The van der Waals surface area contributed by atoms with Crippen molar-refractivity contribution >= 4 is 53.3 Å². The Bertz CT molecular complexity index is 782. The fourth-order valence-electron chi connectivity index (χ4n) is 1.91. The molecule has 0 bridgehead atoms. The predicted molar refractivity (Wildman–Crippen MR) is 93.0 cm³/mol. The van der Waals surface area contributed by atoms with Gasteiger partial charge >= 0.3 is 0 Å². The van der Waals surface area contributed by atoms with Gasteiger partial charge in [0.25, 0.3) is 10.0 Å². The molecule has 4 nitrogen and oxygen atoms in total. The van der Waals surface area contributed by atoms with E-state index in [9.17, 15) is 8.42 Å². The highest BCUT2D eigenvalue weighted by Crippen LogP contribution is 2.28. The summed E-state index contributed by atoms with van der Waals surface area (Å²) in [7, 11) is -3.67. The molecule has 0 amide bonds. The number of nitrogens with one attached hydrogen (secondary N) is 1. The summed E-state index contributed by atoms with van der Waals surface area (Å²) in [4.78, 5) is 0.126. The molecule has 3 N–H and O–H groups in total. The van der Waals surface area contributed by atoms with Crippen LogP contribution in [0.15, 0.2) is 44.2 Å². The van der Waals surface area contributed by atoms with Crippen LogP contribution in [0.2, 0.25) is 0 Å². The first kappa shape index (κ1) is 16.3. The fourth-order valence-corrected chi connectivity index (χ4v) is 3.46. The van der Waals surface area contributed by atoms with Crippen LogP contribution in [-0.4, -0.2) is 8.42 Å². The van der Waals surface area contributed by atoms with Crippen molar-refractivity contribution in [1.29, 1.82) is 0 Å². The van der Waals surface area contributed by atoms with E-state index >= 15 is 0 Å². The molecular formula is C14H14Br2N2O2S. The summed E-state index contributed by atoms with van der Waals surface area (Å²) in [6.45, 7) is 3.82. The average Bonchev–Trinajstić information content (AvgIpc) is 2.38. The van der Waals surface area contributed by atoms with Gasteiger partial charge in [-0.1, -0.05) is 15.9 Å². The lowest BCUT2D eigenvalue weighted by molar-refractivity contribution is 0.601. The van der Waals surface area contributed by atoms with Gasteiger partial charge in [-0.05, 0) is 71.2 Å². The molecule has 0 unspecified atom stereocenters. The molecular weight excluding hydrogens is 420 g/mol. The Morgan fingerprint density at radius 2 is 1.62 bits per heavy atom. The molecule has 0 aromatic heterocycles. The van der Waals surface area contributed by atoms with E-state index in [0.717, 1.165) is 15.6 Å². The van der Waals surface area contributed by atoms with Crippen molar-refractivity contribution in [3.8, 4) is 0 Å². The number of rotatable bonds is 3. The first-order chi connectivity index (χ1) is 9.70. The Morgan fingerprint density at radius 3 is 2.14 bits per heavy atom. The van der Waals surface area contributed by atoms with Crippen LogP contribution in [0.5, 0.6) is 0 Å². The molecule has 2 aromatic rings. The third-order valence-electron chi connectivity index (χ3n) is 2.97. The monoisotopic (exact) mass is 432 g/mol. The van der Waals surface area contributed by atoms with Gasteiger partial charge in [-0.3, -0.25) is 4.72 Å². The number of benzene rings is 2. The zero-order valence-electron chi connectivity index (χ0n) is 11.4. The topological polar surface area (TPSA) is 72.2 Å². The summed E-state index contributed by atoms with van der Waals surface area (Å²) >= 11 is 6.70. The number of anilines is 2. The number of halogens is 2. The van der Waals surface area contributed by atoms with Crippen molar-refractivity contribution in [2.45, 2.75) is 18.7 Å². The minimum Gasteiger partial charge on any atom is -0.398 e. The maximum Gasteiger partial charge on any atom is 0.261 e. The Morgan fingerprint density at radius 1 is 1.05 bits per heavy atom. The molecule has 0 aliphatic carbocycles. The Balaban J connectivity index is 2.39. The second-order valence-electron chi connectivity index (χ2n) is 4.71. The van der Waals surface area contributed by atoms with Gasteiger partial charge in [0.05, 0.1) is 4.90 Å². The SMILES string of the molecule is Cc1cc(NS(=O)(=O)c2ccc(Br)c(N)c2)cc(C)c1Br. The Hall–Kier alpha value is -1.05. The van der Waals surface area contributed by atoms with Crippen LogP contribution in [0, 0.1) is 13.8 Å². The Labute approximate surface area is 141 Å². The molecule has 0 spiro atoms. The number of aryl methyl sites for hydroxylation is 2. The molecule has 0 aliphatic heterocycles. The second kappa shape index (κ2) is 5.98. The predicted octanol–water partition coefficient (Wildman–Crippen LogP) is 4.21. The minimum atomic E-state index is -3.67. The van der Waals surface area contributed by atoms with Gasteiger partial charge < -0.3 is 5.73 Å². The van der Waals surface area contributed by atoms with Crippen molar-refractivity contribution in [2.24, 2.45) is 0 Å². The molecule has 2 aromatic carbocycles. The lowest BCUT2D eigenvalue weighted by Crippen LogP contribution is -2.13. The van der Waals surface area contributed by atoms with Gasteiger partial charge in [0.2, 0.25) is 0 Å². The van der Waals surface area contributed by atoms with Crippen LogP contribution < -0.4 is 10.5 Å². The van der Waals surface area contributed by atoms with Gasteiger partial charge in [0, 0.05) is 20.3 Å². The van der Waals surface area contributed by atoms with Gasteiger partial charge in [-0.25, -0.2) is 8.42 Å². The average molecular weight is 434 g/mol. The maximum absolute atomic E-state index is 12.4. The van der Waals surface area contributed by atoms with Crippen LogP contribution in [0.3, 0.4) is 0 Å². The summed E-state index contributed by atoms with van der Waals surface area (Å²) in [5.41, 5.74) is 8.55. The highest BCUT2D eigenvalue weighted by Gasteiger charge is 2.16. The van der Waals surface area contributed by atoms with Crippen LogP contribution in [0.1, 0.15) is 11.1 Å². The molecule has 112 valence electrons. The highest BCUT2D eigenvalue weighted by molar-refractivity contribution is 9.11. The van der Waals surface area contributed by atoms with Crippen molar-refractivity contribution in [3.05, 3.63) is 50.4 Å². The third kappa shape index (κ3) is 3.59. The zero-order chi connectivity index (χ0) is 15.8. The van der Waals surface area contributed by atoms with E-state index in [1.807, 2.05) is 13.8 Å². The number of nitrogen functional groups attached to an aromatic ring is 1. The van der Waals surface area contributed by atoms with Crippen molar-refractivity contribution < 1.29 is 8.42 Å². The number of sulfonamides is 1. The molecule has 0 atom stereocenters. The number of hydrogen-bond acceptors (Lipinski definition) is 3. The Kier molecular flexibility index (Phi) is 4.65. The van der Waals surface area contributed by atoms with Crippen molar-refractivity contribution in [1.82, 2.24) is 0 Å². The molecule has 21 heavy (non-hydrogen) atoms. The molecule has 2 rings (SSSR count). The van der Waals surface area contributed by atoms with Crippen molar-refractivity contribution in [3.63, 3.8) is 0 Å². The third-order valence-corrected chi connectivity index (χ3v) is 6.32. The van der Waals surface area contributed by atoms with Gasteiger partial charge in [0.15, 0.2) is 0 Å². The fraction of sp³-hybridized carbons (Fsp3) is 0.143. The van der Waals surface area contributed by atoms with Gasteiger partial charge in [0.1, 0.15) is 0 Å². The molecule has 0 fully saturated rings. The van der Waals surface area contributed by atoms with Gasteiger partial charge in [-0.2, -0.15) is 0 Å². The number of hydrogen-bond donors (Lipinski definition) is 2. The largest absolute Gasteiger partial charge is 0.398 e. The van der Waals surface area contributed by atoms with Crippen LogP contribution in [0.25, 0.3) is 0 Å². The van der Waals surface area contributed by atoms with Crippen molar-refractivity contribution in [2.75, 3.05) is 10.5 Å². The number of nitrogens with two attached hydrogens (primary N) is 1. The molecule has 0 aliphatic rings. The normalized spacial score (nSPS) is 11.4. The van der Waals surface area contributed by atoms with E-state index in [-0.39, 0.29) is 4.90 Å². The van der Waals surface area contributed by atoms with E-state index in [2.05, 4.69) is 36.6 Å². The highest BCUT2D eigenvalue weighted by atomic mass is 79.9. The second-order valence-corrected chi connectivity index (χ2v) is 8.04. The molecule has 0 radical (unpaired) electrons. The molecule has 7 heteroatoms. The standard InChI is InChI=1S/C14H14Br2N2O2S/c1-8-5-10(6-9(2)14(8)16)18-21(19,20)11-3-4-12(15)13(17)7-11/h3-7,18H,17H2,1-2H3. The molecule has 0 saturated carbocycles. The van der Waals surface area contributed by atoms with Crippen LogP contribution in [0.4, 0.5) is 11.4 Å². The summed E-state index contributed by atoms with van der Waals surface area (Å²) < 4.78 is 29.0. The summed E-state index contributed by atoms with van der Waals surface area (Å²) in [6.07, 6.45) is 0. The zero-order valence-corrected chi connectivity index (χ0v) is 15.4. The van der Waals surface area contributed by atoms with Crippen LogP contribution in [-0.2, 0) is 10.0 Å². The first-order valence-corrected chi connectivity index (χ1v) is 9.12. The van der Waals surface area contributed by atoms with Gasteiger partial charge in [-0.15, -0.1) is 0 Å². The molecule has 0 heterocycles. The summed E-state index contributed by atoms with van der Waals surface area (Å²) in [6, 6.07) is 8.09. The summed E-state index contributed by atoms with van der Waals surface area (Å²) in [5.74, 6) is 0. The van der Waals surface area contributed by atoms with E-state index in [4.69, 9.17) is 5.73 Å². The lowest BCUT2D eigenvalue weighted by atomic mass is 10.1. The first-order valence-electron chi connectivity index (χ1n) is 6.05. The molecule has 0 saturated heterocycles. The van der Waals surface area contributed by atoms with E-state index < -0.39 is 10.0 Å². The minimum absolute atomic E-state index is 0.126. The van der Waals surface area contributed by atoms with E-state index in [1.165, 1.54) is 12.1 Å². The van der Waals surface area contributed by atoms with Crippen LogP contribution >= 0.6 is 31.9 Å². The quantitative estimate of drug-likeness (QED) is 0.712. The maximum atomic E-state index is 12.4. The van der Waals surface area contributed by atoms with E-state index in [0.29, 0.717) is 15.8 Å². The van der Waals surface area contributed by atoms with E-state index in [1.54, 1.807) is 18.2 Å².